The second-order valence-corrected chi connectivity index (χ2v) is 6.20. The predicted molar refractivity (Wildman–Crippen MR) is 83.1 cm³/mol. The highest BCUT2D eigenvalue weighted by Gasteiger charge is 2.28. The first-order chi connectivity index (χ1) is 10.1. The molecule has 2 N–H and O–H groups in total. The molecule has 21 heavy (non-hydrogen) atoms. The number of ether oxygens (including phenoxy) is 1. The lowest BCUT2D eigenvalue weighted by Crippen LogP contribution is -3.14. The highest BCUT2D eigenvalue weighted by molar-refractivity contribution is 9.10. The topological polar surface area (TPSA) is 59.8 Å². The molecule has 0 spiro atoms. The Morgan fingerprint density at radius 1 is 1.38 bits per heavy atom. The van der Waals surface area contributed by atoms with Crippen molar-refractivity contribution < 1.29 is 19.2 Å². The molecule has 1 aliphatic rings. The lowest BCUT2D eigenvalue weighted by molar-refractivity contribution is -0.897. The zero-order valence-corrected chi connectivity index (χ0v) is 13.6. The second-order valence-electron chi connectivity index (χ2n) is 5.28. The Kier molecular flexibility index (Phi) is 5.76. The molecule has 0 atom stereocenters. The standard InChI is InChI=1S/C15H19BrN2O3/c1-21-15(20)11-5-7-18(8-6-11)10-14(19)17-13-4-2-3-12(16)9-13/h2-4,9,11H,5-8,10H2,1H3,(H,17,19)/p+1. The summed E-state index contributed by atoms with van der Waals surface area (Å²) in [7, 11) is 1.42. The Bertz CT molecular complexity index is 513. The van der Waals surface area contributed by atoms with Crippen LogP contribution in [0.4, 0.5) is 5.69 Å². The van der Waals surface area contributed by atoms with E-state index in [1.165, 1.54) is 12.0 Å². The first-order valence-corrected chi connectivity index (χ1v) is 7.84. The van der Waals surface area contributed by atoms with E-state index >= 15 is 0 Å². The molecule has 0 saturated carbocycles. The van der Waals surface area contributed by atoms with Crippen molar-refractivity contribution in [3.8, 4) is 0 Å². The summed E-state index contributed by atoms with van der Waals surface area (Å²) in [5.41, 5.74) is 0.790. The van der Waals surface area contributed by atoms with Crippen LogP contribution >= 0.6 is 15.9 Å². The summed E-state index contributed by atoms with van der Waals surface area (Å²) in [5, 5.41) is 2.89. The SMILES string of the molecule is COC(=O)C1CC[NH+](CC(=O)Nc2cccc(Br)c2)CC1. The molecule has 0 radical (unpaired) electrons. The molecule has 1 aromatic rings. The van der Waals surface area contributed by atoms with Gasteiger partial charge in [-0.1, -0.05) is 22.0 Å². The third-order valence-electron chi connectivity index (χ3n) is 3.75. The Hall–Kier alpha value is -1.40. The maximum absolute atomic E-state index is 12.0. The van der Waals surface area contributed by atoms with Gasteiger partial charge in [0, 0.05) is 23.0 Å². The molecule has 1 aliphatic heterocycles. The van der Waals surface area contributed by atoms with Crippen molar-refractivity contribution in [2.45, 2.75) is 12.8 Å². The monoisotopic (exact) mass is 355 g/mol. The number of likely N-dealkylation sites (tertiary alicyclic amines) is 1. The van der Waals surface area contributed by atoms with Crippen LogP contribution in [0.3, 0.4) is 0 Å². The van der Waals surface area contributed by atoms with E-state index in [2.05, 4.69) is 21.2 Å². The summed E-state index contributed by atoms with van der Waals surface area (Å²) in [6, 6.07) is 7.53. The van der Waals surface area contributed by atoms with Gasteiger partial charge in [0.2, 0.25) is 0 Å². The quantitative estimate of drug-likeness (QED) is 0.787. The van der Waals surface area contributed by atoms with Crippen molar-refractivity contribution in [2.24, 2.45) is 5.92 Å². The van der Waals surface area contributed by atoms with Crippen LogP contribution in [-0.4, -0.2) is 38.6 Å². The van der Waals surface area contributed by atoms with Crippen molar-refractivity contribution in [1.82, 2.24) is 0 Å². The minimum atomic E-state index is -0.132. The fourth-order valence-electron chi connectivity index (χ4n) is 2.60. The maximum atomic E-state index is 12.0. The molecule has 1 aromatic carbocycles. The van der Waals surface area contributed by atoms with Gasteiger partial charge in [-0.25, -0.2) is 0 Å². The molecule has 0 aliphatic carbocycles. The Balaban J connectivity index is 1.78. The summed E-state index contributed by atoms with van der Waals surface area (Å²) in [6.07, 6.45) is 1.57. The van der Waals surface area contributed by atoms with E-state index in [4.69, 9.17) is 4.74 Å². The van der Waals surface area contributed by atoms with Gasteiger partial charge in [0.1, 0.15) is 0 Å². The van der Waals surface area contributed by atoms with Crippen LogP contribution < -0.4 is 10.2 Å². The van der Waals surface area contributed by atoms with E-state index in [1.54, 1.807) is 0 Å². The van der Waals surface area contributed by atoms with E-state index in [-0.39, 0.29) is 17.8 Å². The van der Waals surface area contributed by atoms with E-state index in [9.17, 15) is 9.59 Å². The zero-order valence-electron chi connectivity index (χ0n) is 12.0. The third kappa shape index (κ3) is 4.82. The van der Waals surface area contributed by atoms with Crippen LogP contribution in [0, 0.1) is 5.92 Å². The fraction of sp³-hybridized carbons (Fsp3) is 0.467. The van der Waals surface area contributed by atoms with Crippen LogP contribution in [-0.2, 0) is 14.3 Å². The first kappa shape index (κ1) is 16.0. The lowest BCUT2D eigenvalue weighted by atomic mass is 9.97. The number of nitrogens with one attached hydrogen (secondary N) is 2. The fourth-order valence-corrected chi connectivity index (χ4v) is 3.00. The van der Waals surface area contributed by atoms with Gasteiger partial charge >= 0.3 is 5.97 Å². The highest BCUT2D eigenvalue weighted by Crippen LogP contribution is 2.15. The van der Waals surface area contributed by atoms with Crippen LogP contribution in [0.2, 0.25) is 0 Å². The molecule has 1 amide bonds. The van der Waals surface area contributed by atoms with Gasteiger partial charge in [0.05, 0.1) is 26.1 Å². The molecule has 1 fully saturated rings. The molecule has 0 bridgehead atoms. The summed E-state index contributed by atoms with van der Waals surface area (Å²) in [6.45, 7) is 2.08. The second kappa shape index (κ2) is 7.56. The summed E-state index contributed by atoms with van der Waals surface area (Å²) >= 11 is 3.38. The minimum Gasteiger partial charge on any atom is -0.469 e. The average molecular weight is 356 g/mol. The molecule has 1 heterocycles. The van der Waals surface area contributed by atoms with Crippen LogP contribution in [0.25, 0.3) is 0 Å². The number of piperidine rings is 1. The van der Waals surface area contributed by atoms with Gasteiger partial charge in [-0.3, -0.25) is 9.59 Å². The van der Waals surface area contributed by atoms with Crippen molar-refractivity contribution in [3.05, 3.63) is 28.7 Å². The Morgan fingerprint density at radius 3 is 2.71 bits per heavy atom. The molecule has 1 saturated heterocycles. The molecule has 6 heteroatoms. The van der Waals surface area contributed by atoms with Crippen molar-refractivity contribution in [3.63, 3.8) is 0 Å². The van der Waals surface area contributed by atoms with Gasteiger partial charge in [0.15, 0.2) is 6.54 Å². The van der Waals surface area contributed by atoms with Gasteiger partial charge in [-0.05, 0) is 18.2 Å². The smallest absolute Gasteiger partial charge is 0.309 e. The number of anilines is 1. The molecule has 0 aromatic heterocycles. The van der Waals surface area contributed by atoms with Gasteiger partial charge in [-0.15, -0.1) is 0 Å². The van der Waals surface area contributed by atoms with Gasteiger partial charge in [0.25, 0.3) is 5.91 Å². The van der Waals surface area contributed by atoms with Crippen molar-refractivity contribution >= 4 is 33.5 Å². The lowest BCUT2D eigenvalue weighted by Gasteiger charge is -2.27. The van der Waals surface area contributed by atoms with Crippen LogP contribution in [0.15, 0.2) is 28.7 Å². The summed E-state index contributed by atoms with van der Waals surface area (Å²) < 4.78 is 5.70. The first-order valence-electron chi connectivity index (χ1n) is 7.05. The number of carbonyl (C=O) groups excluding carboxylic acids is 2. The van der Waals surface area contributed by atoms with Gasteiger partial charge < -0.3 is 15.0 Å². The predicted octanol–water partition coefficient (Wildman–Crippen LogP) is 0.856. The number of amides is 1. The molecular formula is C15H20BrN2O3+. The number of esters is 1. The van der Waals surface area contributed by atoms with Crippen molar-refractivity contribution in [2.75, 3.05) is 32.1 Å². The number of quaternary nitrogens is 1. The molecular weight excluding hydrogens is 336 g/mol. The number of methoxy groups -OCH3 is 1. The number of rotatable bonds is 4. The van der Waals surface area contributed by atoms with Crippen LogP contribution in [0.5, 0.6) is 0 Å². The largest absolute Gasteiger partial charge is 0.469 e. The molecule has 5 nitrogen and oxygen atoms in total. The number of benzene rings is 1. The average Bonchev–Trinajstić information content (AvgIpc) is 2.47. The highest BCUT2D eigenvalue weighted by atomic mass is 79.9. The van der Waals surface area contributed by atoms with E-state index in [1.807, 2.05) is 24.3 Å². The van der Waals surface area contributed by atoms with E-state index in [0.717, 1.165) is 36.1 Å². The Morgan fingerprint density at radius 2 is 2.10 bits per heavy atom. The maximum Gasteiger partial charge on any atom is 0.309 e. The van der Waals surface area contributed by atoms with E-state index < -0.39 is 0 Å². The number of hydrogen-bond donors (Lipinski definition) is 2. The van der Waals surface area contributed by atoms with Gasteiger partial charge in [-0.2, -0.15) is 0 Å². The number of halogens is 1. The summed E-state index contributed by atoms with van der Waals surface area (Å²) in [4.78, 5) is 24.7. The van der Waals surface area contributed by atoms with E-state index in [0.29, 0.717) is 6.54 Å². The molecule has 0 unspecified atom stereocenters. The molecule has 114 valence electrons. The number of carbonyl (C=O) groups is 2. The molecule has 2 rings (SSSR count). The minimum absolute atomic E-state index is 0.000354. The third-order valence-corrected chi connectivity index (χ3v) is 4.24. The zero-order chi connectivity index (χ0) is 15.2. The Labute approximate surface area is 132 Å². The van der Waals surface area contributed by atoms with Crippen molar-refractivity contribution in [1.29, 1.82) is 0 Å². The normalized spacial score (nSPS) is 21.6. The van der Waals surface area contributed by atoms with Crippen LogP contribution in [0.1, 0.15) is 12.8 Å². The summed E-state index contributed by atoms with van der Waals surface area (Å²) in [5.74, 6) is -0.140. The number of hydrogen-bond acceptors (Lipinski definition) is 3.